The van der Waals surface area contributed by atoms with E-state index < -0.39 is 6.10 Å². The van der Waals surface area contributed by atoms with E-state index in [1.165, 1.54) is 0 Å². The van der Waals surface area contributed by atoms with Gasteiger partial charge in [-0.3, -0.25) is 4.98 Å². The molecule has 0 saturated heterocycles. The Hall–Kier alpha value is -1.92. The first-order valence-corrected chi connectivity index (χ1v) is 4.71. The van der Waals surface area contributed by atoms with Crippen molar-refractivity contribution in [2.75, 3.05) is 0 Å². The largest absolute Gasteiger partial charge is 0.387 e. The Kier molecular flexibility index (Phi) is 2.61. The topological polar surface area (TPSA) is 56.9 Å². The van der Waals surface area contributed by atoms with Crippen LogP contribution in [-0.4, -0.2) is 10.1 Å². The fourth-order valence-electron chi connectivity index (χ4n) is 1.50. The summed E-state index contributed by atoms with van der Waals surface area (Å²) in [6, 6.07) is 11.3. The third kappa shape index (κ3) is 1.95. The molecule has 0 amide bonds. The van der Waals surface area contributed by atoms with Gasteiger partial charge < -0.3 is 5.11 Å². The van der Waals surface area contributed by atoms with Gasteiger partial charge in [0.05, 0.1) is 24.1 Å². The maximum Gasteiger partial charge on any atom is 0.0920 e. The normalized spacial score (nSPS) is 12.3. The van der Waals surface area contributed by atoms with E-state index in [0.29, 0.717) is 0 Å². The van der Waals surface area contributed by atoms with Crippen LogP contribution >= 0.6 is 0 Å². The zero-order chi connectivity index (χ0) is 10.7. The number of hydrogen-bond donors (Lipinski definition) is 1. The fourth-order valence-corrected chi connectivity index (χ4v) is 1.50. The number of benzene rings is 1. The lowest BCUT2D eigenvalue weighted by Crippen LogP contribution is -1.95. The summed E-state index contributed by atoms with van der Waals surface area (Å²) in [6.45, 7) is 0. The van der Waals surface area contributed by atoms with Crippen molar-refractivity contribution < 1.29 is 5.11 Å². The lowest BCUT2D eigenvalue weighted by Gasteiger charge is -2.07. The Bertz CT molecular complexity index is 516. The van der Waals surface area contributed by atoms with Gasteiger partial charge in [0, 0.05) is 11.6 Å². The number of aliphatic hydroxyl groups is 1. The van der Waals surface area contributed by atoms with Crippen molar-refractivity contribution in [1.29, 1.82) is 5.26 Å². The van der Waals surface area contributed by atoms with Crippen molar-refractivity contribution in [2.24, 2.45) is 0 Å². The molecule has 1 N–H and O–H groups in total. The number of pyridine rings is 1. The molecule has 0 saturated carbocycles. The maximum atomic E-state index is 9.63. The van der Waals surface area contributed by atoms with Gasteiger partial charge >= 0.3 is 0 Å². The highest BCUT2D eigenvalue weighted by molar-refractivity contribution is 5.78. The Labute approximate surface area is 87.6 Å². The van der Waals surface area contributed by atoms with Gasteiger partial charge in [-0.15, -0.1) is 0 Å². The molecule has 0 aliphatic carbocycles. The molecule has 1 aromatic carbocycles. The van der Waals surface area contributed by atoms with Crippen molar-refractivity contribution in [3.05, 3.63) is 42.1 Å². The fraction of sp³-hybridized carbons (Fsp3) is 0.167. The first-order valence-electron chi connectivity index (χ1n) is 4.71. The van der Waals surface area contributed by atoms with Gasteiger partial charge in [-0.05, 0) is 17.7 Å². The molecule has 15 heavy (non-hydrogen) atoms. The number of nitriles is 1. The molecule has 1 aromatic heterocycles. The van der Waals surface area contributed by atoms with Crippen LogP contribution in [0.25, 0.3) is 10.9 Å². The van der Waals surface area contributed by atoms with E-state index >= 15 is 0 Å². The predicted octanol–water partition coefficient (Wildman–Crippen LogP) is 2.18. The molecule has 3 nitrogen and oxygen atoms in total. The monoisotopic (exact) mass is 198 g/mol. The lowest BCUT2D eigenvalue weighted by molar-refractivity contribution is 0.183. The smallest absolute Gasteiger partial charge is 0.0920 e. The summed E-state index contributed by atoms with van der Waals surface area (Å²) in [5, 5.41) is 19.1. The summed E-state index contributed by atoms with van der Waals surface area (Å²) in [4.78, 5) is 4.19. The minimum atomic E-state index is -0.721. The van der Waals surface area contributed by atoms with E-state index in [4.69, 9.17) is 5.26 Å². The van der Waals surface area contributed by atoms with Crippen LogP contribution in [0.5, 0.6) is 0 Å². The Morgan fingerprint density at radius 1 is 1.40 bits per heavy atom. The third-order valence-corrected chi connectivity index (χ3v) is 2.30. The first-order chi connectivity index (χ1) is 7.31. The lowest BCUT2D eigenvalue weighted by atomic mass is 10.1. The zero-order valence-corrected chi connectivity index (χ0v) is 8.09. The summed E-state index contributed by atoms with van der Waals surface area (Å²) in [6.07, 6.45) is 1.10. The second-order valence-electron chi connectivity index (χ2n) is 3.33. The highest BCUT2D eigenvalue weighted by Crippen LogP contribution is 2.20. The molecule has 0 radical (unpaired) electrons. The van der Waals surface area contributed by atoms with Crippen molar-refractivity contribution in [3.8, 4) is 6.07 Å². The molecule has 0 aliphatic rings. The summed E-state index contributed by atoms with van der Waals surface area (Å²) in [5.74, 6) is 0. The van der Waals surface area contributed by atoms with Crippen LogP contribution in [0.2, 0.25) is 0 Å². The summed E-state index contributed by atoms with van der Waals surface area (Å²) < 4.78 is 0. The van der Waals surface area contributed by atoms with E-state index in [-0.39, 0.29) is 6.42 Å². The average molecular weight is 198 g/mol. The van der Waals surface area contributed by atoms with Crippen molar-refractivity contribution >= 4 is 10.9 Å². The molecule has 1 atom stereocenters. The molecule has 0 bridgehead atoms. The molecule has 2 aromatic rings. The second-order valence-corrected chi connectivity index (χ2v) is 3.33. The number of rotatable bonds is 2. The summed E-state index contributed by atoms with van der Waals surface area (Å²) in [7, 11) is 0. The second kappa shape index (κ2) is 4.07. The van der Waals surface area contributed by atoms with Crippen molar-refractivity contribution in [2.45, 2.75) is 12.5 Å². The Morgan fingerprint density at radius 3 is 3.07 bits per heavy atom. The standard InChI is InChI=1S/C12H10N2O/c13-6-5-12(15)10-4-3-9-2-1-7-14-11(9)8-10/h1-4,7-8,12,15H,5H2. The molecule has 0 fully saturated rings. The van der Waals surface area contributed by atoms with Gasteiger partial charge in [0.2, 0.25) is 0 Å². The Balaban J connectivity index is 2.43. The minimum Gasteiger partial charge on any atom is -0.387 e. The molecule has 1 unspecified atom stereocenters. The molecule has 3 heteroatoms. The molecule has 0 aliphatic heterocycles. The van der Waals surface area contributed by atoms with Crippen molar-refractivity contribution in [3.63, 3.8) is 0 Å². The number of aliphatic hydroxyl groups excluding tert-OH is 1. The van der Waals surface area contributed by atoms with Gasteiger partial charge in [-0.1, -0.05) is 18.2 Å². The zero-order valence-electron chi connectivity index (χ0n) is 8.09. The molecular weight excluding hydrogens is 188 g/mol. The van der Waals surface area contributed by atoms with Crippen molar-refractivity contribution in [1.82, 2.24) is 4.98 Å². The predicted molar refractivity (Wildman–Crippen MR) is 56.9 cm³/mol. The van der Waals surface area contributed by atoms with E-state index in [9.17, 15) is 5.11 Å². The van der Waals surface area contributed by atoms with Gasteiger partial charge in [-0.2, -0.15) is 5.26 Å². The first kappa shape index (κ1) is 9.63. The summed E-state index contributed by atoms with van der Waals surface area (Å²) >= 11 is 0. The molecule has 1 heterocycles. The quantitative estimate of drug-likeness (QED) is 0.804. The molecule has 0 spiro atoms. The average Bonchev–Trinajstić information content (AvgIpc) is 2.29. The number of hydrogen-bond acceptors (Lipinski definition) is 3. The third-order valence-electron chi connectivity index (χ3n) is 2.30. The van der Waals surface area contributed by atoms with Crippen LogP contribution in [0.1, 0.15) is 18.1 Å². The van der Waals surface area contributed by atoms with Crippen LogP contribution in [0, 0.1) is 11.3 Å². The SMILES string of the molecule is N#CCC(O)c1ccc2cccnc2c1. The molecule has 74 valence electrons. The van der Waals surface area contributed by atoms with Crippen LogP contribution in [-0.2, 0) is 0 Å². The number of nitrogens with zero attached hydrogens (tertiary/aromatic N) is 2. The summed E-state index contributed by atoms with van der Waals surface area (Å²) in [5.41, 5.74) is 1.58. The minimum absolute atomic E-state index is 0.109. The van der Waals surface area contributed by atoms with Gasteiger partial charge in [-0.25, -0.2) is 0 Å². The van der Waals surface area contributed by atoms with Crippen LogP contribution in [0.4, 0.5) is 0 Å². The van der Waals surface area contributed by atoms with Crippen LogP contribution in [0.3, 0.4) is 0 Å². The number of fused-ring (bicyclic) bond motifs is 1. The van der Waals surface area contributed by atoms with Gasteiger partial charge in [0.1, 0.15) is 0 Å². The van der Waals surface area contributed by atoms with Gasteiger partial charge in [0.25, 0.3) is 0 Å². The Morgan fingerprint density at radius 2 is 2.27 bits per heavy atom. The molecular formula is C12H10N2O. The van der Waals surface area contributed by atoms with Gasteiger partial charge in [0.15, 0.2) is 0 Å². The van der Waals surface area contributed by atoms with E-state index in [2.05, 4.69) is 4.98 Å². The highest BCUT2D eigenvalue weighted by atomic mass is 16.3. The van der Waals surface area contributed by atoms with E-state index in [1.54, 1.807) is 6.20 Å². The maximum absolute atomic E-state index is 9.63. The van der Waals surface area contributed by atoms with E-state index in [0.717, 1.165) is 16.5 Å². The molecule has 2 rings (SSSR count). The number of aromatic nitrogens is 1. The van der Waals surface area contributed by atoms with Crippen LogP contribution in [0.15, 0.2) is 36.5 Å². The van der Waals surface area contributed by atoms with E-state index in [1.807, 2.05) is 36.4 Å². The van der Waals surface area contributed by atoms with Crippen LogP contribution < -0.4 is 0 Å². The highest BCUT2D eigenvalue weighted by Gasteiger charge is 2.07.